The molecule has 0 aliphatic carbocycles. The lowest BCUT2D eigenvalue weighted by molar-refractivity contribution is 0.0955. The second kappa shape index (κ2) is 8.22. The first kappa shape index (κ1) is 20.2. The molecule has 0 aromatic carbocycles. The van der Waals surface area contributed by atoms with E-state index >= 15 is 0 Å². The van der Waals surface area contributed by atoms with Gasteiger partial charge in [-0.3, -0.25) is 9.89 Å². The molecule has 8 nitrogen and oxygen atoms in total. The summed E-state index contributed by atoms with van der Waals surface area (Å²) in [6.45, 7) is 11.5. The third-order valence-corrected chi connectivity index (χ3v) is 5.01. The summed E-state index contributed by atoms with van der Waals surface area (Å²) < 4.78 is 4.38. The van der Waals surface area contributed by atoms with Crippen LogP contribution >= 0.6 is 12.2 Å². The van der Waals surface area contributed by atoms with Crippen molar-refractivity contribution in [3.63, 3.8) is 0 Å². The van der Waals surface area contributed by atoms with Gasteiger partial charge in [0, 0.05) is 31.2 Å². The fourth-order valence-corrected chi connectivity index (χ4v) is 3.43. The topological polar surface area (TPSA) is 93.4 Å². The summed E-state index contributed by atoms with van der Waals surface area (Å²) in [7, 11) is 0. The van der Waals surface area contributed by atoms with Crippen LogP contribution in [-0.4, -0.2) is 42.0 Å². The van der Waals surface area contributed by atoms with Crippen LogP contribution in [0.1, 0.15) is 68.5 Å². The van der Waals surface area contributed by atoms with Crippen molar-refractivity contribution in [1.82, 2.24) is 34.8 Å². The second-order valence-electron chi connectivity index (χ2n) is 7.36. The molecule has 0 aliphatic rings. The van der Waals surface area contributed by atoms with Crippen molar-refractivity contribution in [2.24, 2.45) is 0 Å². The molecule has 2 N–H and O–H groups in total. The smallest absolute Gasteiger partial charge is 0.252 e. The Kier molecular flexibility index (Phi) is 5.93. The highest BCUT2D eigenvalue weighted by atomic mass is 32.1. The van der Waals surface area contributed by atoms with Gasteiger partial charge in [0.15, 0.2) is 10.4 Å². The molecule has 3 heterocycles. The maximum Gasteiger partial charge on any atom is 0.252 e. The van der Waals surface area contributed by atoms with Gasteiger partial charge in [0.1, 0.15) is 5.82 Å². The Hall–Kier alpha value is -2.55. The molecule has 0 atom stereocenters. The minimum absolute atomic E-state index is 0.130. The van der Waals surface area contributed by atoms with E-state index in [1.807, 2.05) is 22.2 Å². The summed E-state index contributed by atoms with van der Waals surface area (Å²) in [5, 5.41) is 15.2. The Bertz CT molecular complexity index is 1040. The number of hydrogen-bond acceptors (Lipinski definition) is 5. The van der Waals surface area contributed by atoms with Crippen LogP contribution < -0.4 is 5.32 Å². The van der Waals surface area contributed by atoms with E-state index in [0.717, 1.165) is 29.1 Å². The van der Waals surface area contributed by atoms with E-state index in [-0.39, 0.29) is 17.9 Å². The molecule has 28 heavy (non-hydrogen) atoms. The number of amides is 1. The van der Waals surface area contributed by atoms with Crippen LogP contribution in [0.4, 0.5) is 0 Å². The summed E-state index contributed by atoms with van der Waals surface area (Å²) in [5.74, 6) is 0.919. The van der Waals surface area contributed by atoms with Crippen LogP contribution in [0.25, 0.3) is 11.0 Å². The van der Waals surface area contributed by atoms with Gasteiger partial charge < -0.3 is 9.88 Å². The van der Waals surface area contributed by atoms with Crippen LogP contribution in [-0.2, 0) is 13.0 Å². The predicted octanol–water partition coefficient (Wildman–Crippen LogP) is 3.38. The van der Waals surface area contributed by atoms with E-state index in [0.29, 0.717) is 23.3 Å². The molecule has 0 fully saturated rings. The van der Waals surface area contributed by atoms with Gasteiger partial charge in [0.05, 0.1) is 17.1 Å². The fourth-order valence-electron chi connectivity index (χ4n) is 3.15. The monoisotopic (exact) mass is 401 g/mol. The normalized spacial score (nSPS) is 11.7. The van der Waals surface area contributed by atoms with Crippen molar-refractivity contribution in [3.05, 3.63) is 34.1 Å². The predicted molar refractivity (Wildman–Crippen MR) is 111 cm³/mol. The zero-order valence-corrected chi connectivity index (χ0v) is 17.8. The van der Waals surface area contributed by atoms with Crippen LogP contribution in [0.3, 0.4) is 0 Å². The standard InChI is InChI=1S/C19H27N7OS/c1-6-25-16(23-24-19(25)28)7-8-20-18(27)13-9-15(11(2)3)22-17-14(13)10-21-26(17)12(4)5/h9-12H,6-8H2,1-5H3,(H,20,27)(H,24,28). The molecule has 0 saturated carbocycles. The van der Waals surface area contributed by atoms with Crippen molar-refractivity contribution in [1.29, 1.82) is 0 Å². The van der Waals surface area contributed by atoms with E-state index in [9.17, 15) is 4.79 Å². The number of hydrogen-bond donors (Lipinski definition) is 2. The maximum atomic E-state index is 12.9. The number of nitrogens with zero attached hydrogens (tertiary/aromatic N) is 5. The minimum Gasteiger partial charge on any atom is -0.352 e. The third kappa shape index (κ3) is 3.84. The summed E-state index contributed by atoms with van der Waals surface area (Å²) in [6, 6.07) is 2.04. The summed E-state index contributed by atoms with van der Waals surface area (Å²) >= 11 is 5.21. The van der Waals surface area contributed by atoms with Crippen LogP contribution in [0.2, 0.25) is 0 Å². The SMILES string of the molecule is CCn1c(CCNC(=O)c2cc(C(C)C)nc3c2cnn3C(C)C)n[nH]c1=S. The van der Waals surface area contributed by atoms with Gasteiger partial charge in [0.25, 0.3) is 5.91 Å². The first-order chi connectivity index (χ1) is 13.3. The molecule has 3 aromatic heterocycles. The van der Waals surface area contributed by atoms with Crippen molar-refractivity contribution >= 4 is 29.2 Å². The van der Waals surface area contributed by atoms with Crippen molar-refractivity contribution in [2.75, 3.05) is 6.54 Å². The van der Waals surface area contributed by atoms with Crippen LogP contribution in [0.15, 0.2) is 12.3 Å². The molecule has 1 amide bonds. The summed E-state index contributed by atoms with van der Waals surface area (Å²) in [6.07, 6.45) is 2.33. The van der Waals surface area contributed by atoms with Gasteiger partial charge in [-0.2, -0.15) is 10.2 Å². The first-order valence-corrected chi connectivity index (χ1v) is 10.0. The Balaban J connectivity index is 1.85. The number of nitrogens with one attached hydrogen (secondary N) is 2. The highest BCUT2D eigenvalue weighted by molar-refractivity contribution is 7.71. The Morgan fingerprint density at radius 3 is 2.71 bits per heavy atom. The molecule has 3 aromatic rings. The summed E-state index contributed by atoms with van der Waals surface area (Å²) in [4.78, 5) is 17.7. The van der Waals surface area contributed by atoms with Gasteiger partial charge in [0.2, 0.25) is 0 Å². The van der Waals surface area contributed by atoms with E-state index in [2.05, 4.69) is 48.3 Å². The molecule has 0 bridgehead atoms. The van der Waals surface area contributed by atoms with E-state index in [4.69, 9.17) is 17.2 Å². The number of H-pyrrole nitrogens is 1. The average Bonchev–Trinajstić information content (AvgIpc) is 3.23. The van der Waals surface area contributed by atoms with Crippen molar-refractivity contribution < 1.29 is 4.79 Å². The number of fused-ring (bicyclic) bond motifs is 1. The molecule has 0 saturated heterocycles. The first-order valence-electron chi connectivity index (χ1n) is 9.63. The molecular formula is C19H27N7OS. The zero-order valence-electron chi connectivity index (χ0n) is 17.0. The molecule has 3 rings (SSSR count). The van der Waals surface area contributed by atoms with E-state index in [1.54, 1.807) is 6.20 Å². The lowest BCUT2D eigenvalue weighted by Gasteiger charge is -2.12. The van der Waals surface area contributed by atoms with E-state index in [1.165, 1.54) is 0 Å². The summed E-state index contributed by atoms with van der Waals surface area (Å²) in [5.41, 5.74) is 2.24. The Labute approximate surface area is 169 Å². The highest BCUT2D eigenvalue weighted by Gasteiger charge is 2.19. The number of rotatable bonds is 7. The molecule has 0 unspecified atom stereocenters. The van der Waals surface area contributed by atoms with Crippen LogP contribution in [0.5, 0.6) is 0 Å². The number of aromatic nitrogens is 6. The zero-order chi connectivity index (χ0) is 20.4. The van der Waals surface area contributed by atoms with Gasteiger partial charge in [-0.15, -0.1) is 0 Å². The minimum atomic E-state index is -0.130. The third-order valence-electron chi connectivity index (χ3n) is 4.70. The molecule has 150 valence electrons. The lowest BCUT2D eigenvalue weighted by Crippen LogP contribution is -2.27. The molecule has 0 spiro atoms. The molecule has 0 aliphatic heterocycles. The van der Waals surface area contributed by atoms with Crippen molar-refractivity contribution in [2.45, 2.75) is 59.5 Å². The highest BCUT2D eigenvalue weighted by Crippen LogP contribution is 2.24. The van der Waals surface area contributed by atoms with E-state index < -0.39 is 0 Å². The fraction of sp³-hybridized carbons (Fsp3) is 0.526. The lowest BCUT2D eigenvalue weighted by atomic mass is 10.0. The number of carbonyl (C=O) groups excluding carboxylic acids is 1. The number of aromatic amines is 1. The Morgan fingerprint density at radius 2 is 2.07 bits per heavy atom. The Morgan fingerprint density at radius 1 is 1.32 bits per heavy atom. The van der Waals surface area contributed by atoms with Gasteiger partial charge in [-0.1, -0.05) is 13.8 Å². The quantitative estimate of drug-likeness (QED) is 0.592. The van der Waals surface area contributed by atoms with Crippen molar-refractivity contribution in [3.8, 4) is 0 Å². The molecule has 0 radical (unpaired) electrons. The maximum absolute atomic E-state index is 12.9. The number of carbonyl (C=O) groups is 1. The van der Waals surface area contributed by atoms with Gasteiger partial charge in [-0.05, 0) is 45.0 Å². The second-order valence-corrected chi connectivity index (χ2v) is 7.75. The van der Waals surface area contributed by atoms with Gasteiger partial charge in [-0.25, -0.2) is 9.67 Å². The largest absolute Gasteiger partial charge is 0.352 e. The van der Waals surface area contributed by atoms with Crippen LogP contribution in [0, 0.1) is 4.77 Å². The molecular weight excluding hydrogens is 374 g/mol. The number of pyridine rings is 1. The van der Waals surface area contributed by atoms with Gasteiger partial charge >= 0.3 is 0 Å². The average molecular weight is 402 g/mol. The molecule has 9 heteroatoms.